The largest absolute Gasteiger partial charge is 0.467 e. The van der Waals surface area contributed by atoms with Crippen LogP contribution in [0.15, 0.2) is 36.4 Å². The number of hydrogen-bond donors (Lipinski definition) is 1. The lowest BCUT2D eigenvalue weighted by molar-refractivity contribution is 0.0483. The molecular weight excluding hydrogens is 411 g/mol. The van der Waals surface area contributed by atoms with Gasteiger partial charge in [0.2, 0.25) is 0 Å². The molecule has 6 heteroatoms. The molecule has 2 aromatic rings. The smallest absolute Gasteiger partial charge is 0.188 e. The van der Waals surface area contributed by atoms with E-state index in [0.29, 0.717) is 11.1 Å². The number of hydrogen-bond acceptors (Lipinski definition) is 4. The van der Waals surface area contributed by atoms with Gasteiger partial charge in [-0.05, 0) is 47.2 Å². The maximum Gasteiger partial charge on any atom is 0.188 e. The lowest BCUT2D eigenvalue weighted by Crippen LogP contribution is -2.25. The minimum atomic E-state index is -1.25. The van der Waals surface area contributed by atoms with Crippen molar-refractivity contribution in [3.05, 3.63) is 64.5 Å². The van der Waals surface area contributed by atoms with E-state index in [1.807, 2.05) is 38.1 Å². The summed E-state index contributed by atoms with van der Waals surface area (Å²) in [5.74, 6) is -0.182. The molecule has 0 saturated carbocycles. The number of methoxy groups -OCH3 is 1. The van der Waals surface area contributed by atoms with Crippen LogP contribution in [-0.2, 0) is 9.16 Å². The molecule has 0 spiro atoms. The van der Waals surface area contributed by atoms with Crippen LogP contribution in [0.5, 0.6) is 5.75 Å². The summed E-state index contributed by atoms with van der Waals surface area (Å²) in [7, 11) is 0.255. The van der Waals surface area contributed by atoms with Crippen LogP contribution in [0.2, 0.25) is 13.1 Å². The van der Waals surface area contributed by atoms with E-state index >= 15 is 4.39 Å². The quantitative estimate of drug-likeness (QED) is 0.372. The number of ether oxygens (including phenoxy) is 2. The fraction of sp³-hybridized carbons (Fsp3) is 0.520. The van der Waals surface area contributed by atoms with Gasteiger partial charge in [0.1, 0.15) is 17.7 Å². The summed E-state index contributed by atoms with van der Waals surface area (Å²) in [6.07, 6.45) is -1.19. The van der Waals surface area contributed by atoms with E-state index in [4.69, 9.17) is 13.9 Å². The van der Waals surface area contributed by atoms with Crippen molar-refractivity contribution in [2.45, 2.75) is 65.8 Å². The molecule has 0 bridgehead atoms. The highest BCUT2D eigenvalue weighted by Gasteiger charge is 2.29. The fourth-order valence-electron chi connectivity index (χ4n) is 3.62. The van der Waals surface area contributed by atoms with Crippen LogP contribution in [0, 0.1) is 11.2 Å². The van der Waals surface area contributed by atoms with E-state index in [1.54, 1.807) is 12.1 Å². The second-order valence-corrected chi connectivity index (χ2v) is 12.0. The minimum absolute atomic E-state index is 0.0188. The Labute approximate surface area is 188 Å². The molecule has 2 aromatic carbocycles. The van der Waals surface area contributed by atoms with Gasteiger partial charge in [0, 0.05) is 7.11 Å². The average molecular weight is 449 g/mol. The normalized spacial score (nSPS) is 14.2. The van der Waals surface area contributed by atoms with Gasteiger partial charge in [0.05, 0.1) is 11.7 Å². The molecule has 0 aliphatic carbocycles. The zero-order valence-corrected chi connectivity index (χ0v) is 21.2. The third-order valence-electron chi connectivity index (χ3n) is 5.15. The van der Waals surface area contributed by atoms with Crippen LogP contribution >= 0.6 is 0 Å². The van der Waals surface area contributed by atoms with Crippen molar-refractivity contribution in [1.29, 1.82) is 0 Å². The van der Waals surface area contributed by atoms with Gasteiger partial charge in [-0.15, -0.1) is 0 Å². The first kappa shape index (κ1) is 25.5. The zero-order chi connectivity index (χ0) is 23.3. The van der Waals surface area contributed by atoms with Crippen molar-refractivity contribution in [3.8, 4) is 5.75 Å². The molecule has 0 aliphatic heterocycles. The molecule has 31 heavy (non-hydrogen) atoms. The summed E-state index contributed by atoms with van der Waals surface area (Å²) in [6.45, 7) is 14.6. The molecule has 4 nitrogen and oxygen atoms in total. The average Bonchev–Trinajstić information content (AvgIpc) is 2.69. The summed E-state index contributed by atoms with van der Waals surface area (Å²) >= 11 is 0. The van der Waals surface area contributed by atoms with E-state index < -0.39 is 21.0 Å². The summed E-state index contributed by atoms with van der Waals surface area (Å²) < 4.78 is 32.2. The third-order valence-corrected chi connectivity index (χ3v) is 5.96. The molecule has 0 aromatic heterocycles. The Morgan fingerprint density at radius 1 is 1.00 bits per heavy atom. The van der Waals surface area contributed by atoms with Crippen LogP contribution < -0.4 is 4.74 Å². The highest BCUT2D eigenvalue weighted by molar-refractivity contribution is 6.48. The summed E-state index contributed by atoms with van der Waals surface area (Å²) in [5.41, 5.74) is 2.26. The van der Waals surface area contributed by atoms with Gasteiger partial charge in [0.15, 0.2) is 15.8 Å². The molecule has 1 N–H and O–H groups in total. The van der Waals surface area contributed by atoms with Crippen LogP contribution in [0.25, 0.3) is 0 Å². The molecule has 0 heterocycles. The Morgan fingerprint density at radius 2 is 1.58 bits per heavy atom. The van der Waals surface area contributed by atoms with Gasteiger partial charge in [-0.2, -0.15) is 0 Å². The summed E-state index contributed by atoms with van der Waals surface area (Å²) in [6, 6.07) is 11.0. The molecule has 2 unspecified atom stereocenters. The molecule has 0 amide bonds. The standard InChI is InChI=1S/C25H37FO4Si/c1-16(2)19-13-14-20(29-15-28-6)21(22(19)26)23(27)17-9-11-18(12-10-17)24(25(3,4)5)30-31(7)8/h9-14,16,23-24,27,31H,15H2,1-8H3. The van der Waals surface area contributed by atoms with Crippen molar-refractivity contribution in [2.24, 2.45) is 5.41 Å². The monoisotopic (exact) mass is 448 g/mol. The topological polar surface area (TPSA) is 47.9 Å². The van der Waals surface area contributed by atoms with Crippen molar-refractivity contribution >= 4 is 9.04 Å². The van der Waals surface area contributed by atoms with E-state index in [0.717, 1.165) is 5.56 Å². The fourth-order valence-corrected chi connectivity index (χ4v) is 4.73. The first-order valence-corrected chi connectivity index (χ1v) is 13.6. The Hall–Kier alpha value is -1.73. The molecule has 0 aliphatic rings. The van der Waals surface area contributed by atoms with E-state index in [2.05, 4.69) is 33.9 Å². The number of benzene rings is 2. The predicted molar refractivity (Wildman–Crippen MR) is 126 cm³/mol. The van der Waals surface area contributed by atoms with Gasteiger partial charge in [-0.1, -0.05) is 65.0 Å². The predicted octanol–water partition coefficient (Wildman–Crippen LogP) is 6.10. The summed E-state index contributed by atoms with van der Waals surface area (Å²) in [4.78, 5) is 0. The SMILES string of the molecule is COCOc1ccc(C(C)C)c(F)c1C(O)c1ccc(C(O[SiH](C)C)C(C)(C)C)cc1. The first-order valence-electron chi connectivity index (χ1n) is 10.8. The lowest BCUT2D eigenvalue weighted by Gasteiger charge is -2.33. The molecular formula is C25H37FO4Si. The molecule has 0 radical (unpaired) electrons. The van der Waals surface area contributed by atoms with Crippen molar-refractivity contribution in [1.82, 2.24) is 0 Å². The maximum absolute atomic E-state index is 15.4. The Bertz CT molecular complexity index is 844. The van der Waals surface area contributed by atoms with Crippen LogP contribution in [0.4, 0.5) is 4.39 Å². The van der Waals surface area contributed by atoms with Gasteiger partial charge in [-0.3, -0.25) is 0 Å². The zero-order valence-electron chi connectivity index (χ0n) is 20.0. The molecule has 2 atom stereocenters. The highest BCUT2D eigenvalue weighted by atomic mass is 28.3. The third kappa shape index (κ3) is 6.39. The van der Waals surface area contributed by atoms with Crippen LogP contribution in [-0.4, -0.2) is 28.0 Å². The Kier molecular flexibility index (Phi) is 8.83. The van der Waals surface area contributed by atoms with Crippen molar-refractivity contribution < 1.29 is 23.4 Å². The van der Waals surface area contributed by atoms with Crippen molar-refractivity contribution in [3.63, 3.8) is 0 Å². The molecule has 172 valence electrons. The number of halogens is 1. The lowest BCUT2D eigenvalue weighted by atomic mass is 9.84. The second-order valence-electron chi connectivity index (χ2n) is 9.59. The van der Waals surface area contributed by atoms with Gasteiger partial charge in [-0.25, -0.2) is 4.39 Å². The number of rotatable bonds is 9. The van der Waals surface area contributed by atoms with E-state index in [9.17, 15) is 5.11 Å². The van der Waals surface area contributed by atoms with Crippen molar-refractivity contribution in [2.75, 3.05) is 13.9 Å². The van der Waals surface area contributed by atoms with Crippen LogP contribution in [0.3, 0.4) is 0 Å². The Balaban J connectivity index is 2.44. The number of aliphatic hydroxyl groups is 1. The first-order chi connectivity index (χ1) is 14.5. The van der Waals surface area contributed by atoms with Gasteiger partial charge < -0.3 is 19.0 Å². The summed E-state index contributed by atoms with van der Waals surface area (Å²) in [5, 5.41) is 11.1. The van der Waals surface area contributed by atoms with Gasteiger partial charge in [0.25, 0.3) is 0 Å². The Morgan fingerprint density at radius 3 is 2.06 bits per heavy atom. The molecule has 0 fully saturated rings. The molecule has 0 saturated heterocycles. The van der Waals surface area contributed by atoms with E-state index in [1.165, 1.54) is 7.11 Å². The van der Waals surface area contributed by atoms with Gasteiger partial charge >= 0.3 is 0 Å². The minimum Gasteiger partial charge on any atom is -0.467 e. The number of aliphatic hydroxyl groups excluding tert-OH is 1. The molecule has 2 rings (SSSR count). The second kappa shape index (κ2) is 10.7. The van der Waals surface area contributed by atoms with Crippen LogP contribution in [0.1, 0.15) is 75.0 Å². The van der Waals surface area contributed by atoms with E-state index in [-0.39, 0.29) is 35.5 Å². The maximum atomic E-state index is 15.4. The highest BCUT2D eigenvalue weighted by Crippen LogP contribution is 2.39.